The van der Waals surface area contributed by atoms with Crippen molar-refractivity contribution in [1.29, 1.82) is 0 Å². The molecule has 22 heavy (non-hydrogen) atoms. The summed E-state index contributed by atoms with van der Waals surface area (Å²) in [6, 6.07) is 10.1. The maximum Gasteiger partial charge on any atom is 0.335 e. The minimum Gasteiger partial charge on any atom is -0.467 e. The molecule has 120 valence electrons. The zero-order chi connectivity index (χ0) is 15.9. The second-order valence-electron chi connectivity index (χ2n) is 5.77. The molecule has 0 saturated heterocycles. The van der Waals surface area contributed by atoms with E-state index in [0.29, 0.717) is 13.2 Å². The molecule has 0 saturated carbocycles. The molecule has 0 spiro atoms. The van der Waals surface area contributed by atoms with E-state index in [2.05, 4.69) is 6.92 Å². The van der Waals surface area contributed by atoms with Gasteiger partial charge in [0.25, 0.3) is 0 Å². The molecule has 0 bridgehead atoms. The van der Waals surface area contributed by atoms with Crippen molar-refractivity contribution in [2.45, 2.75) is 32.7 Å². The Bertz CT molecular complexity index is 497. The van der Waals surface area contributed by atoms with Crippen LogP contribution in [0.15, 0.2) is 42.5 Å². The molecule has 2 rings (SSSR count). The highest BCUT2D eigenvalue weighted by Crippen LogP contribution is 2.24. The van der Waals surface area contributed by atoms with Crippen molar-refractivity contribution < 1.29 is 19.0 Å². The van der Waals surface area contributed by atoms with Gasteiger partial charge in [-0.15, -0.1) is 0 Å². The third kappa shape index (κ3) is 4.42. The van der Waals surface area contributed by atoms with Crippen LogP contribution in [0.3, 0.4) is 0 Å². The summed E-state index contributed by atoms with van der Waals surface area (Å²) < 4.78 is 16.4. The summed E-state index contributed by atoms with van der Waals surface area (Å²) in [6.07, 6.45) is 3.37. The van der Waals surface area contributed by atoms with Crippen LogP contribution in [-0.2, 0) is 25.6 Å². The number of benzene rings is 1. The Balaban J connectivity index is 1.83. The Morgan fingerprint density at radius 1 is 1.27 bits per heavy atom. The van der Waals surface area contributed by atoms with Gasteiger partial charge in [-0.3, -0.25) is 0 Å². The first-order valence-electron chi connectivity index (χ1n) is 7.65. The van der Waals surface area contributed by atoms with Crippen LogP contribution in [0.1, 0.15) is 19.4 Å². The molecule has 1 aliphatic heterocycles. The highest BCUT2D eigenvalue weighted by atomic mass is 16.6. The molecule has 4 heteroatoms. The Morgan fingerprint density at radius 3 is 2.68 bits per heavy atom. The van der Waals surface area contributed by atoms with Crippen molar-refractivity contribution in [3.05, 3.63) is 48.0 Å². The second-order valence-corrected chi connectivity index (χ2v) is 5.77. The van der Waals surface area contributed by atoms with Crippen LogP contribution in [0, 0.1) is 11.8 Å². The van der Waals surface area contributed by atoms with Gasteiger partial charge < -0.3 is 14.2 Å². The topological polar surface area (TPSA) is 44.8 Å². The number of hydrogen-bond donors (Lipinski definition) is 0. The number of carbonyl (C=O) groups excluding carboxylic acids is 1. The lowest BCUT2D eigenvalue weighted by atomic mass is 9.95. The van der Waals surface area contributed by atoms with Gasteiger partial charge in [0.05, 0.1) is 26.4 Å². The maximum absolute atomic E-state index is 11.7. The Labute approximate surface area is 132 Å². The van der Waals surface area contributed by atoms with Crippen LogP contribution in [0.2, 0.25) is 0 Å². The highest BCUT2D eigenvalue weighted by Gasteiger charge is 2.33. The average molecular weight is 304 g/mol. The fourth-order valence-electron chi connectivity index (χ4n) is 2.47. The van der Waals surface area contributed by atoms with Crippen molar-refractivity contribution in [3.63, 3.8) is 0 Å². The summed E-state index contributed by atoms with van der Waals surface area (Å²) in [7, 11) is 1.39. The third-order valence-electron chi connectivity index (χ3n) is 3.87. The standard InChI is InChI=1S/C18H24O4/c1-13-9-10-16(22-17(13)18(19)20-3)14(2)11-21-12-15-7-5-4-6-8-15/h4-10,13-14,16-17H,11-12H2,1-3H3/t13-,14+,16+,17-/m0/s1. The first-order chi connectivity index (χ1) is 10.6. The molecule has 0 radical (unpaired) electrons. The van der Waals surface area contributed by atoms with E-state index in [4.69, 9.17) is 14.2 Å². The Morgan fingerprint density at radius 2 is 2.00 bits per heavy atom. The minimum atomic E-state index is -0.531. The molecule has 0 aromatic heterocycles. The van der Waals surface area contributed by atoms with Crippen LogP contribution in [0.5, 0.6) is 0 Å². The van der Waals surface area contributed by atoms with Crippen molar-refractivity contribution >= 4 is 5.97 Å². The van der Waals surface area contributed by atoms with Crippen LogP contribution in [0.4, 0.5) is 0 Å². The molecule has 4 atom stereocenters. The summed E-state index contributed by atoms with van der Waals surface area (Å²) in [5, 5.41) is 0. The predicted molar refractivity (Wildman–Crippen MR) is 84.2 cm³/mol. The van der Waals surface area contributed by atoms with Crippen LogP contribution in [0.25, 0.3) is 0 Å². The largest absolute Gasteiger partial charge is 0.467 e. The molecule has 1 aromatic rings. The molecule has 0 aliphatic carbocycles. The van der Waals surface area contributed by atoms with Crippen LogP contribution in [-0.4, -0.2) is 31.9 Å². The Kier molecular flexibility index (Phi) is 6.16. The smallest absolute Gasteiger partial charge is 0.335 e. The van der Waals surface area contributed by atoms with E-state index >= 15 is 0 Å². The summed E-state index contributed by atoms with van der Waals surface area (Å²) in [4.78, 5) is 11.7. The third-order valence-corrected chi connectivity index (χ3v) is 3.87. The zero-order valence-corrected chi connectivity index (χ0v) is 13.4. The van der Waals surface area contributed by atoms with Gasteiger partial charge in [-0.1, -0.05) is 56.3 Å². The van der Waals surface area contributed by atoms with Gasteiger partial charge in [-0.05, 0) is 5.56 Å². The summed E-state index contributed by atoms with van der Waals surface area (Å²) in [5.74, 6) is -0.125. The molecule has 0 unspecified atom stereocenters. The molecule has 0 fully saturated rings. The lowest BCUT2D eigenvalue weighted by Crippen LogP contribution is -2.40. The SMILES string of the molecule is COC(=O)[C@H]1O[C@@H]([C@H](C)COCc2ccccc2)C=C[C@@H]1C. The minimum absolute atomic E-state index is 0.0288. The normalized spacial score (nSPS) is 25.7. The molecule has 1 aliphatic rings. The fraction of sp³-hybridized carbons (Fsp3) is 0.500. The average Bonchev–Trinajstić information content (AvgIpc) is 2.55. The number of ether oxygens (including phenoxy) is 3. The molecule has 0 N–H and O–H groups in total. The van der Waals surface area contributed by atoms with E-state index in [1.165, 1.54) is 7.11 Å². The lowest BCUT2D eigenvalue weighted by Gasteiger charge is -2.31. The monoisotopic (exact) mass is 304 g/mol. The maximum atomic E-state index is 11.7. The first kappa shape index (κ1) is 16.7. The zero-order valence-electron chi connectivity index (χ0n) is 13.4. The predicted octanol–water partition coefficient (Wildman–Crippen LogP) is 2.97. The first-order valence-corrected chi connectivity index (χ1v) is 7.65. The van der Waals surface area contributed by atoms with Gasteiger partial charge in [0.15, 0.2) is 6.10 Å². The number of rotatable bonds is 6. The number of esters is 1. The highest BCUT2D eigenvalue weighted by molar-refractivity contribution is 5.75. The molecule has 1 heterocycles. The van der Waals surface area contributed by atoms with Gasteiger partial charge in [0.2, 0.25) is 0 Å². The van der Waals surface area contributed by atoms with Crippen molar-refractivity contribution in [2.75, 3.05) is 13.7 Å². The fourth-order valence-corrected chi connectivity index (χ4v) is 2.47. The van der Waals surface area contributed by atoms with Gasteiger partial charge in [-0.25, -0.2) is 4.79 Å². The number of hydrogen-bond acceptors (Lipinski definition) is 4. The van der Waals surface area contributed by atoms with Crippen LogP contribution < -0.4 is 0 Å². The molecular formula is C18H24O4. The van der Waals surface area contributed by atoms with Crippen molar-refractivity contribution in [3.8, 4) is 0 Å². The number of methoxy groups -OCH3 is 1. The van der Waals surface area contributed by atoms with Crippen molar-refractivity contribution in [1.82, 2.24) is 0 Å². The van der Waals surface area contributed by atoms with Gasteiger partial charge in [0.1, 0.15) is 0 Å². The van der Waals surface area contributed by atoms with E-state index in [9.17, 15) is 4.79 Å². The van der Waals surface area contributed by atoms with Gasteiger partial charge in [0, 0.05) is 11.8 Å². The summed E-state index contributed by atoms with van der Waals surface area (Å²) >= 11 is 0. The van der Waals surface area contributed by atoms with Gasteiger partial charge in [-0.2, -0.15) is 0 Å². The molecular weight excluding hydrogens is 280 g/mol. The van der Waals surface area contributed by atoms with Crippen molar-refractivity contribution in [2.24, 2.45) is 11.8 Å². The van der Waals surface area contributed by atoms with E-state index in [0.717, 1.165) is 5.56 Å². The van der Waals surface area contributed by atoms with E-state index < -0.39 is 6.10 Å². The van der Waals surface area contributed by atoms with E-state index in [1.807, 2.05) is 49.4 Å². The lowest BCUT2D eigenvalue weighted by molar-refractivity contribution is -0.163. The van der Waals surface area contributed by atoms with E-state index in [1.54, 1.807) is 0 Å². The molecule has 4 nitrogen and oxygen atoms in total. The summed E-state index contributed by atoms with van der Waals surface area (Å²) in [6.45, 7) is 5.17. The summed E-state index contributed by atoms with van der Waals surface area (Å²) in [5.41, 5.74) is 1.15. The second kappa shape index (κ2) is 8.11. The van der Waals surface area contributed by atoms with E-state index in [-0.39, 0.29) is 23.9 Å². The molecule has 0 amide bonds. The Hall–Kier alpha value is -1.65. The van der Waals surface area contributed by atoms with Gasteiger partial charge >= 0.3 is 5.97 Å². The molecule has 1 aromatic carbocycles. The van der Waals surface area contributed by atoms with Crippen LogP contribution >= 0.6 is 0 Å². The quantitative estimate of drug-likeness (QED) is 0.599. The number of carbonyl (C=O) groups is 1.